The predicted octanol–water partition coefficient (Wildman–Crippen LogP) is 2.49. The summed E-state index contributed by atoms with van der Waals surface area (Å²) < 4.78 is 5.16. The van der Waals surface area contributed by atoms with Crippen LogP contribution in [0.3, 0.4) is 0 Å². The van der Waals surface area contributed by atoms with Gasteiger partial charge in [-0.05, 0) is 40.2 Å². The molecule has 0 aliphatic rings. The van der Waals surface area contributed by atoms with Gasteiger partial charge in [0.15, 0.2) is 0 Å². The zero-order valence-electron chi connectivity index (χ0n) is 11.1. The minimum Gasteiger partial charge on any atom is -0.396 e. The maximum Gasteiger partial charge on any atom is 0.138 e. The van der Waals surface area contributed by atoms with Gasteiger partial charge in [-0.25, -0.2) is 0 Å². The van der Waals surface area contributed by atoms with Crippen molar-refractivity contribution in [1.29, 1.82) is 0 Å². The normalized spacial score (nSPS) is 12.9. The van der Waals surface area contributed by atoms with E-state index in [1.165, 1.54) is 12.0 Å². The minimum absolute atomic E-state index is 0.291. The number of aryl methyl sites for hydroxylation is 2. The molecule has 1 aromatic heterocycles. The van der Waals surface area contributed by atoms with Gasteiger partial charge in [-0.15, -0.1) is 0 Å². The van der Waals surface area contributed by atoms with Crippen LogP contribution in [0.25, 0.3) is 0 Å². The van der Waals surface area contributed by atoms with Gasteiger partial charge < -0.3 is 14.9 Å². The first-order chi connectivity index (χ1) is 8.16. The summed E-state index contributed by atoms with van der Waals surface area (Å²) in [5.74, 6) is 0.905. The molecule has 1 atom stereocenters. The van der Waals surface area contributed by atoms with Gasteiger partial charge in [0.25, 0.3) is 0 Å². The fourth-order valence-corrected chi connectivity index (χ4v) is 2.12. The molecule has 1 heterocycles. The van der Waals surface area contributed by atoms with E-state index in [4.69, 9.17) is 9.63 Å². The van der Waals surface area contributed by atoms with Gasteiger partial charge in [0, 0.05) is 18.2 Å². The number of hydrogen-bond acceptors (Lipinski definition) is 4. The van der Waals surface area contributed by atoms with E-state index in [9.17, 15) is 0 Å². The zero-order chi connectivity index (χ0) is 12.7. The summed E-state index contributed by atoms with van der Waals surface area (Å²) in [7, 11) is 0. The molecule has 98 valence electrons. The highest BCUT2D eigenvalue weighted by Gasteiger charge is 2.15. The molecule has 0 amide bonds. The highest BCUT2D eigenvalue weighted by molar-refractivity contribution is 5.24. The highest BCUT2D eigenvalue weighted by Crippen LogP contribution is 2.20. The van der Waals surface area contributed by atoms with Gasteiger partial charge >= 0.3 is 0 Å². The molecule has 1 rings (SSSR count). The van der Waals surface area contributed by atoms with Gasteiger partial charge in [0.05, 0.1) is 5.69 Å². The SMILES string of the molecule is Cc1noc(C)c1C(C)NCCCCCCO. The van der Waals surface area contributed by atoms with Gasteiger partial charge in [0.1, 0.15) is 5.76 Å². The van der Waals surface area contributed by atoms with Crippen LogP contribution in [0.15, 0.2) is 4.52 Å². The maximum absolute atomic E-state index is 8.66. The van der Waals surface area contributed by atoms with Crippen LogP contribution < -0.4 is 5.32 Å². The fraction of sp³-hybridized carbons (Fsp3) is 0.769. The van der Waals surface area contributed by atoms with Crippen LogP contribution in [0.5, 0.6) is 0 Å². The highest BCUT2D eigenvalue weighted by atomic mass is 16.5. The molecule has 17 heavy (non-hydrogen) atoms. The van der Waals surface area contributed by atoms with Gasteiger partial charge in [-0.2, -0.15) is 0 Å². The molecule has 0 spiro atoms. The molecule has 0 aliphatic heterocycles. The Kier molecular flexibility index (Phi) is 6.22. The number of aromatic nitrogens is 1. The van der Waals surface area contributed by atoms with Crippen molar-refractivity contribution in [3.8, 4) is 0 Å². The van der Waals surface area contributed by atoms with E-state index >= 15 is 0 Å². The number of unbranched alkanes of at least 4 members (excludes halogenated alkanes) is 3. The first-order valence-electron chi connectivity index (χ1n) is 6.43. The topological polar surface area (TPSA) is 58.3 Å². The quantitative estimate of drug-likeness (QED) is 0.685. The third-order valence-corrected chi connectivity index (χ3v) is 3.06. The Hall–Kier alpha value is -0.870. The van der Waals surface area contributed by atoms with E-state index in [1.807, 2.05) is 13.8 Å². The summed E-state index contributed by atoms with van der Waals surface area (Å²) >= 11 is 0. The Balaban J connectivity index is 2.23. The van der Waals surface area contributed by atoms with E-state index in [0.717, 1.165) is 37.3 Å². The van der Waals surface area contributed by atoms with E-state index < -0.39 is 0 Å². The van der Waals surface area contributed by atoms with Crippen LogP contribution in [0.4, 0.5) is 0 Å². The van der Waals surface area contributed by atoms with Crippen molar-refractivity contribution in [3.63, 3.8) is 0 Å². The molecule has 0 bridgehead atoms. The second-order valence-electron chi connectivity index (χ2n) is 4.55. The Morgan fingerprint density at radius 2 is 1.94 bits per heavy atom. The second kappa shape index (κ2) is 7.45. The van der Waals surface area contributed by atoms with Crippen molar-refractivity contribution < 1.29 is 9.63 Å². The van der Waals surface area contributed by atoms with Crippen LogP contribution in [-0.4, -0.2) is 23.4 Å². The van der Waals surface area contributed by atoms with Crippen LogP contribution in [0.2, 0.25) is 0 Å². The molecule has 4 heteroatoms. The Bertz CT molecular complexity index is 304. The average Bonchev–Trinajstić information content (AvgIpc) is 2.63. The smallest absolute Gasteiger partial charge is 0.138 e. The van der Waals surface area contributed by atoms with Crippen LogP contribution in [0.1, 0.15) is 55.7 Å². The number of aliphatic hydroxyl groups is 1. The molecular weight excluding hydrogens is 216 g/mol. The lowest BCUT2D eigenvalue weighted by molar-refractivity contribution is 0.282. The summed E-state index contributed by atoms with van der Waals surface area (Å²) in [6, 6.07) is 0.291. The van der Waals surface area contributed by atoms with Crippen molar-refractivity contribution in [2.24, 2.45) is 0 Å². The molecule has 2 N–H and O–H groups in total. The first-order valence-corrected chi connectivity index (χ1v) is 6.43. The molecule has 0 aliphatic carbocycles. The van der Waals surface area contributed by atoms with E-state index in [-0.39, 0.29) is 0 Å². The summed E-state index contributed by atoms with van der Waals surface area (Å²) in [5, 5.41) is 16.1. The maximum atomic E-state index is 8.66. The molecule has 4 nitrogen and oxygen atoms in total. The van der Waals surface area contributed by atoms with Crippen molar-refractivity contribution >= 4 is 0 Å². The molecular formula is C13H24N2O2. The molecule has 0 radical (unpaired) electrons. The number of nitrogens with zero attached hydrogens (tertiary/aromatic N) is 1. The van der Waals surface area contributed by atoms with Crippen molar-refractivity contribution in [2.75, 3.05) is 13.2 Å². The Labute approximate surface area is 103 Å². The lowest BCUT2D eigenvalue weighted by atomic mass is 10.1. The monoisotopic (exact) mass is 240 g/mol. The van der Waals surface area contributed by atoms with Gasteiger partial charge in [-0.1, -0.05) is 18.0 Å². The second-order valence-corrected chi connectivity index (χ2v) is 4.55. The Morgan fingerprint density at radius 1 is 1.24 bits per heavy atom. The third kappa shape index (κ3) is 4.48. The lowest BCUT2D eigenvalue weighted by Crippen LogP contribution is -2.20. The minimum atomic E-state index is 0.291. The summed E-state index contributed by atoms with van der Waals surface area (Å²) in [6.45, 7) is 7.37. The number of hydrogen-bond donors (Lipinski definition) is 2. The van der Waals surface area contributed by atoms with Crippen LogP contribution in [-0.2, 0) is 0 Å². The molecule has 0 aromatic carbocycles. The first kappa shape index (κ1) is 14.2. The lowest BCUT2D eigenvalue weighted by Gasteiger charge is -2.13. The Morgan fingerprint density at radius 3 is 2.53 bits per heavy atom. The molecule has 0 saturated carbocycles. The molecule has 1 unspecified atom stereocenters. The van der Waals surface area contributed by atoms with Crippen molar-refractivity contribution in [2.45, 2.75) is 52.5 Å². The molecule has 1 aromatic rings. The predicted molar refractivity (Wildman–Crippen MR) is 67.9 cm³/mol. The standard InChI is InChI=1S/C13H24N2O2/c1-10(13-11(2)15-17-12(13)3)14-8-6-4-5-7-9-16/h10,14,16H,4-9H2,1-3H3. The molecule has 0 fully saturated rings. The van der Waals surface area contributed by atoms with E-state index in [1.54, 1.807) is 0 Å². The van der Waals surface area contributed by atoms with E-state index in [2.05, 4.69) is 17.4 Å². The van der Waals surface area contributed by atoms with Crippen LogP contribution >= 0.6 is 0 Å². The van der Waals surface area contributed by atoms with Crippen molar-refractivity contribution in [1.82, 2.24) is 10.5 Å². The fourth-order valence-electron chi connectivity index (χ4n) is 2.12. The van der Waals surface area contributed by atoms with Gasteiger partial charge in [0.2, 0.25) is 0 Å². The zero-order valence-corrected chi connectivity index (χ0v) is 11.1. The third-order valence-electron chi connectivity index (χ3n) is 3.06. The van der Waals surface area contributed by atoms with Gasteiger partial charge in [-0.3, -0.25) is 0 Å². The molecule has 0 saturated heterocycles. The largest absolute Gasteiger partial charge is 0.396 e. The number of aliphatic hydroxyl groups excluding tert-OH is 1. The average molecular weight is 240 g/mol. The van der Waals surface area contributed by atoms with Crippen molar-refractivity contribution in [3.05, 3.63) is 17.0 Å². The summed E-state index contributed by atoms with van der Waals surface area (Å²) in [4.78, 5) is 0. The van der Waals surface area contributed by atoms with Crippen LogP contribution in [0, 0.1) is 13.8 Å². The van der Waals surface area contributed by atoms with E-state index in [0.29, 0.717) is 12.6 Å². The number of rotatable bonds is 8. The summed E-state index contributed by atoms with van der Waals surface area (Å²) in [6.07, 6.45) is 4.34. The summed E-state index contributed by atoms with van der Waals surface area (Å²) in [5.41, 5.74) is 2.16. The number of nitrogens with one attached hydrogen (secondary N) is 1.